The number of thioether (sulfide) groups is 1. The second kappa shape index (κ2) is 6.97. The van der Waals surface area contributed by atoms with E-state index in [0.29, 0.717) is 10.8 Å². The van der Waals surface area contributed by atoms with E-state index in [1.165, 1.54) is 38.5 Å². The van der Waals surface area contributed by atoms with Crippen molar-refractivity contribution in [2.45, 2.75) is 31.6 Å². The molecule has 0 aromatic carbocycles. The minimum absolute atomic E-state index is 0.327. The van der Waals surface area contributed by atoms with Crippen molar-refractivity contribution in [2.75, 3.05) is 64.7 Å². The lowest BCUT2D eigenvalue weighted by atomic mass is 10.1. The van der Waals surface area contributed by atoms with E-state index in [0.717, 1.165) is 32.1 Å². The van der Waals surface area contributed by atoms with Gasteiger partial charge in [-0.2, -0.15) is 11.8 Å². The van der Waals surface area contributed by atoms with Gasteiger partial charge in [0, 0.05) is 68.9 Å². The van der Waals surface area contributed by atoms with Crippen LogP contribution in [0.2, 0.25) is 0 Å². The van der Waals surface area contributed by atoms with E-state index < -0.39 is 0 Å². The SMILES string of the molecule is CCNC(=NCC1CN2CCN1CC2)N1CCSC(C)(C)C1. The Morgan fingerprint density at radius 3 is 2.59 bits per heavy atom. The molecule has 4 fully saturated rings. The maximum Gasteiger partial charge on any atom is 0.194 e. The number of guanidine groups is 1. The standard InChI is InChI=1S/C16H31N5S/c1-4-17-15(21-9-10-22-16(2,3)13-21)18-11-14-12-19-5-7-20(14)8-6-19/h14H,4-13H2,1-3H3,(H,17,18). The molecule has 0 radical (unpaired) electrons. The largest absolute Gasteiger partial charge is 0.357 e. The van der Waals surface area contributed by atoms with Gasteiger partial charge < -0.3 is 10.2 Å². The molecule has 0 saturated carbocycles. The quantitative estimate of drug-likeness (QED) is 0.613. The van der Waals surface area contributed by atoms with Crippen LogP contribution in [0.3, 0.4) is 0 Å². The van der Waals surface area contributed by atoms with Gasteiger partial charge in [0.2, 0.25) is 0 Å². The Bertz CT molecular complexity index is 403. The van der Waals surface area contributed by atoms with Gasteiger partial charge in [0.05, 0.1) is 6.54 Å². The summed E-state index contributed by atoms with van der Waals surface area (Å²) in [6.45, 7) is 17.1. The molecule has 4 saturated heterocycles. The number of piperazine rings is 3. The van der Waals surface area contributed by atoms with Crippen molar-refractivity contribution < 1.29 is 0 Å². The summed E-state index contributed by atoms with van der Waals surface area (Å²) >= 11 is 2.08. The molecule has 0 aromatic rings. The zero-order chi connectivity index (χ0) is 15.6. The Hall–Kier alpha value is -0.460. The number of nitrogens with zero attached hydrogens (tertiary/aromatic N) is 4. The molecule has 1 unspecified atom stereocenters. The topological polar surface area (TPSA) is 34.1 Å². The van der Waals surface area contributed by atoms with Crippen LogP contribution < -0.4 is 5.32 Å². The van der Waals surface area contributed by atoms with Gasteiger partial charge in [-0.3, -0.25) is 14.8 Å². The number of fused-ring (bicyclic) bond motifs is 3. The van der Waals surface area contributed by atoms with Crippen LogP contribution >= 0.6 is 11.8 Å². The molecule has 126 valence electrons. The number of nitrogens with one attached hydrogen (secondary N) is 1. The van der Waals surface area contributed by atoms with E-state index in [1.807, 2.05) is 0 Å². The Kier molecular flexibility index (Phi) is 5.20. The Morgan fingerprint density at radius 1 is 1.23 bits per heavy atom. The van der Waals surface area contributed by atoms with E-state index in [2.05, 4.69) is 52.5 Å². The van der Waals surface area contributed by atoms with Gasteiger partial charge in [-0.1, -0.05) is 0 Å². The molecule has 4 rings (SSSR count). The zero-order valence-corrected chi connectivity index (χ0v) is 15.2. The van der Waals surface area contributed by atoms with Crippen LogP contribution in [0.5, 0.6) is 0 Å². The predicted octanol–water partition coefficient (Wildman–Crippen LogP) is 0.779. The van der Waals surface area contributed by atoms with E-state index in [-0.39, 0.29) is 0 Å². The normalized spacial score (nSPS) is 34.8. The summed E-state index contributed by atoms with van der Waals surface area (Å²) < 4.78 is 0.327. The number of rotatable bonds is 3. The highest BCUT2D eigenvalue weighted by Gasteiger charge is 2.32. The molecule has 1 atom stereocenters. The number of aliphatic imine (C=N–C) groups is 1. The highest BCUT2D eigenvalue weighted by Crippen LogP contribution is 2.29. The Labute approximate surface area is 139 Å². The van der Waals surface area contributed by atoms with Crippen LogP contribution in [0.4, 0.5) is 0 Å². The monoisotopic (exact) mass is 325 g/mol. The van der Waals surface area contributed by atoms with Crippen LogP contribution in [-0.2, 0) is 0 Å². The third-order valence-electron chi connectivity index (χ3n) is 4.90. The fourth-order valence-electron chi connectivity index (χ4n) is 3.71. The summed E-state index contributed by atoms with van der Waals surface area (Å²) in [7, 11) is 0. The maximum atomic E-state index is 5.00. The molecular weight excluding hydrogens is 294 g/mol. The molecular formula is C16H31N5S. The molecule has 6 heteroatoms. The molecule has 4 heterocycles. The molecule has 2 bridgehead atoms. The fraction of sp³-hybridized carbons (Fsp3) is 0.938. The maximum absolute atomic E-state index is 5.00. The third-order valence-corrected chi connectivity index (χ3v) is 6.20. The minimum Gasteiger partial charge on any atom is -0.357 e. The molecule has 22 heavy (non-hydrogen) atoms. The van der Waals surface area contributed by atoms with E-state index in [9.17, 15) is 0 Å². The van der Waals surface area contributed by atoms with Crippen molar-refractivity contribution in [3.8, 4) is 0 Å². The van der Waals surface area contributed by atoms with Crippen LogP contribution in [0.15, 0.2) is 4.99 Å². The van der Waals surface area contributed by atoms with E-state index in [4.69, 9.17) is 4.99 Å². The minimum atomic E-state index is 0.327. The van der Waals surface area contributed by atoms with Crippen molar-refractivity contribution >= 4 is 17.7 Å². The second-order valence-corrected chi connectivity index (χ2v) is 9.02. The third kappa shape index (κ3) is 3.89. The van der Waals surface area contributed by atoms with Gasteiger partial charge in [0.1, 0.15) is 0 Å². The fourth-order valence-corrected chi connectivity index (χ4v) is 4.82. The Morgan fingerprint density at radius 2 is 2.00 bits per heavy atom. The van der Waals surface area contributed by atoms with Gasteiger partial charge in [0.25, 0.3) is 0 Å². The first-order valence-electron chi connectivity index (χ1n) is 8.71. The first-order chi connectivity index (χ1) is 10.6. The first kappa shape index (κ1) is 16.4. The average molecular weight is 326 g/mol. The number of hydrogen-bond donors (Lipinski definition) is 1. The highest BCUT2D eigenvalue weighted by molar-refractivity contribution is 8.00. The van der Waals surface area contributed by atoms with Crippen LogP contribution in [0.1, 0.15) is 20.8 Å². The van der Waals surface area contributed by atoms with Crippen LogP contribution in [0.25, 0.3) is 0 Å². The smallest absolute Gasteiger partial charge is 0.194 e. The molecule has 0 amide bonds. The number of hydrogen-bond acceptors (Lipinski definition) is 4. The highest BCUT2D eigenvalue weighted by atomic mass is 32.2. The summed E-state index contributed by atoms with van der Waals surface area (Å²) in [5, 5.41) is 3.51. The summed E-state index contributed by atoms with van der Waals surface area (Å²) in [6, 6.07) is 0.614. The van der Waals surface area contributed by atoms with Crippen molar-refractivity contribution in [3.63, 3.8) is 0 Å². The molecule has 0 spiro atoms. The average Bonchev–Trinajstić information content (AvgIpc) is 2.51. The van der Waals surface area contributed by atoms with E-state index >= 15 is 0 Å². The molecule has 4 aliphatic rings. The lowest BCUT2D eigenvalue weighted by molar-refractivity contribution is 0.0173. The van der Waals surface area contributed by atoms with Crippen molar-refractivity contribution in [2.24, 2.45) is 4.99 Å². The van der Waals surface area contributed by atoms with E-state index in [1.54, 1.807) is 0 Å². The lowest BCUT2D eigenvalue weighted by Gasteiger charge is -2.47. The van der Waals surface area contributed by atoms with Crippen molar-refractivity contribution in [1.29, 1.82) is 0 Å². The zero-order valence-electron chi connectivity index (χ0n) is 14.3. The molecule has 5 nitrogen and oxygen atoms in total. The summed E-state index contributed by atoms with van der Waals surface area (Å²) in [5.41, 5.74) is 0. The Balaban J connectivity index is 1.62. The van der Waals surface area contributed by atoms with Crippen molar-refractivity contribution in [3.05, 3.63) is 0 Å². The van der Waals surface area contributed by atoms with Gasteiger partial charge in [-0.25, -0.2) is 0 Å². The van der Waals surface area contributed by atoms with Gasteiger partial charge in [0.15, 0.2) is 5.96 Å². The van der Waals surface area contributed by atoms with Gasteiger partial charge in [-0.05, 0) is 20.8 Å². The van der Waals surface area contributed by atoms with Crippen LogP contribution in [0, 0.1) is 0 Å². The van der Waals surface area contributed by atoms with Gasteiger partial charge >= 0.3 is 0 Å². The molecule has 0 aromatic heterocycles. The summed E-state index contributed by atoms with van der Waals surface area (Å²) in [6.07, 6.45) is 0. The predicted molar refractivity (Wildman–Crippen MR) is 95.9 cm³/mol. The molecule has 0 aliphatic carbocycles. The molecule has 4 aliphatic heterocycles. The lowest BCUT2D eigenvalue weighted by Crippen LogP contribution is -2.62. The second-order valence-electron chi connectivity index (χ2n) is 7.21. The van der Waals surface area contributed by atoms with Gasteiger partial charge in [-0.15, -0.1) is 0 Å². The van der Waals surface area contributed by atoms with Crippen molar-refractivity contribution in [1.82, 2.24) is 20.0 Å². The molecule has 1 N–H and O–H groups in total. The summed E-state index contributed by atoms with van der Waals surface area (Å²) in [4.78, 5) is 12.7. The first-order valence-corrected chi connectivity index (χ1v) is 9.69. The van der Waals surface area contributed by atoms with Crippen LogP contribution in [-0.4, -0.2) is 96.1 Å². The summed E-state index contributed by atoms with van der Waals surface area (Å²) in [5.74, 6) is 2.31.